The molecular formula is C14H16ClNOS. The van der Waals surface area contributed by atoms with Crippen molar-refractivity contribution >= 4 is 28.6 Å². The SMILES string of the molecule is CC(c1cccs1)N(C)c1ccc(CO)cc1Cl. The third-order valence-corrected chi connectivity index (χ3v) is 4.46. The molecule has 1 aromatic heterocycles. The molecule has 1 atom stereocenters. The van der Waals surface area contributed by atoms with Gasteiger partial charge in [0.25, 0.3) is 0 Å². The van der Waals surface area contributed by atoms with Gasteiger partial charge in [0.1, 0.15) is 0 Å². The molecule has 0 bridgehead atoms. The van der Waals surface area contributed by atoms with Crippen LogP contribution in [0.4, 0.5) is 5.69 Å². The minimum atomic E-state index is 0.0180. The average Bonchev–Trinajstić information content (AvgIpc) is 2.90. The molecule has 0 radical (unpaired) electrons. The molecule has 1 N–H and O–H groups in total. The van der Waals surface area contributed by atoms with Crippen LogP contribution in [0.5, 0.6) is 0 Å². The van der Waals surface area contributed by atoms with E-state index >= 15 is 0 Å². The van der Waals surface area contributed by atoms with E-state index in [9.17, 15) is 0 Å². The summed E-state index contributed by atoms with van der Waals surface area (Å²) in [6.07, 6.45) is 0. The summed E-state index contributed by atoms with van der Waals surface area (Å²) in [5.74, 6) is 0. The van der Waals surface area contributed by atoms with Gasteiger partial charge in [0.05, 0.1) is 23.4 Å². The van der Waals surface area contributed by atoms with Crippen molar-refractivity contribution in [2.75, 3.05) is 11.9 Å². The quantitative estimate of drug-likeness (QED) is 0.912. The minimum absolute atomic E-state index is 0.0180. The summed E-state index contributed by atoms with van der Waals surface area (Å²) >= 11 is 8.00. The van der Waals surface area contributed by atoms with E-state index in [1.807, 2.05) is 25.2 Å². The Morgan fingerprint density at radius 1 is 1.39 bits per heavy atom. The highest BCUT2D eigenvalue weighted by atomic mass is 35.5. The van der Waals surface area contributed by atoms with Gasteiger partial charge in [-0.15, -0.1) is 11.3 Å². The highest BCUT2D eigenvalue weighted by molar-refractivity contribution is 7.10. The largest absolute Gasteiger partial charge is 0.392 e. The number of hydrogen-bond acceptors (Lipinski definition) is 3. The Kier molecular flexibility index (Phi) is 4.27. The fourth-order valence-electron chi connectivity index (χ4n) is 1.86. The molecule has 96 valence electrons. The van der Waals surface area contributed by atoms with Crippen LogP contribution in [0, 0.1) is 0 Å². The lowest BCUT2D eigenvalue weighted by Crippen LogP contribution is -2.21. The van der Waals surface area contributed by atoms with Crippen LogP contribution in [-0.2, 0) is 6.61 Å². The Labute approximate surface area is 116 Å². The summed E-state index contributed by atoms with van der Waals surface area (Å²) in [6.45, 7) is 2.17. The van der Waals surface area contributed by atoms with Gasteiger partial charge in [-0.3, -0.25) is 0 Å². The molecule has 0 amide bonds. The Bertz CT molecular complexity index is 513. The van der Waals surface area contributed by atoms with E-state index in [-0.39, 0.29) is 12.6 Å². The first-order valence-corrected chi connectivity index (χ1v) is 7.04. The first-order chi connectivity index (χ1) is 8.63. The molecule has 0 aliphatic heterocycles. The summed E-state index contributed by atoms with van der Waals surface area (Å²) in [6, 6.07) is 10.1. The molecule has 0 saturated heterocycles. The Morgan fingerprint density at radius 2 is 2.17 bits per heavy atom. The first kappa shape index (κ1) is 13.4. The second-order valence-electron chi connectivity index (χ2n) is 4.25. The number of thiophene rings is 1. The second kappa shape index (κ2) is 5.74. The highest BCUT2D eigenvalue weighted by Gasteiger charge is 2.15. The molecule has 18 heavy (non-hydrogen) atoms. The van der Waals surface area contributed by atoms with Crippen molar-refractivity contribution in [2.45, 2.75) is 19.6 Å². The maximum atomic E-state index is 9.08. The molecule has 0 spiro atoms. The zero-order valence-corrected chi connectivity index (χ0v) is 12.0. The molecule has 2 rings (SSSR count). The van der Waals surface area contributed by atoms with Gasteiger partial charge in [-0.2, -0.15) is 0 Å². The molecule has 4 heteroatoms. The van der Waals surface area contributed by atoms with Crippen molar-refractivity contribution < 1.29 is 5.11 Å². The number of aliphatic hydroxyl groups is 1. The van der Waals surface area contributed by atoms with E-state index in [4.69, 9.17) is 16.7 Å². The van der Waals surface area contributed by atoms with E-state index in [1.165, 1.54) is 4.88 Å². The van der Waals surface area contributed by atoms with Gasteiger partial charge < -0.3 is 10.0 Å². The molecule has 0 saturated carbocycles. The fourth-order valence-corrected chi connectivity index (χ4v) is 3.03. The zero-order chi connectivity index (χ0) is 13.1. The van der Waals surface area contributed by atoms with E-state index in [0.717, 1.165) is 11.3 Å². The third-order valence-electron chi connectivity index (χ3n) is 3.11. The predicted molar refractivity (Wildman–Crippen MR) is 78.5 cm³/mol. The Balaban J connectivity index is 2.26. The lowest BCUT2D eigenvalue weighted by atomic mass is 10.1. The van der Waals surface area contributed by atoms with Gasteiger partial charge in [0.15, 0.2) is 0 Å². The van der Waals surface area contributed by atoms with E-state index in [2.05, 4.69) is 29.3 Å². The molecule has 2 nitrogen and oxygen atoms in total. The van der Waals surface area contributed by atoms with Gasteiger partial charge in [0, 0.05) is 11.9 Å². The van der Waals surface area contributed by atoms with Crippen molar-refractivity contribution in [3.8, 4) is 0 Å². The normalized spacial score (nSPS) is 12.4. The Hall–Kier alpha value is -1.03. The molecular weight excluding hydrogens is 266 g/mol. The van der Waals surface area contributed by atoms with Crippen molar-refractivity contribution in [1.82, 2.24) is 0 Å². The predicted octanol–water partition coefficient (Wildman–Crippen LogP) is 4.09. The summed E-state index contributed by atoms with van der Waals surface area (Å²) in [7, 11) is 2.03. The van der Waals surface area contributed by atoms with Crippen LogP contribution in [-0.4, -0.2) is 12.2 Å². The lowest BCUT2D eigenvalue weighted by Gasteiger charge is -2.27. The topological polar surface area (TPSA) is 23.5 Å². The lowest BCUT2D eigenvalue weighted by molar-refractivity contribution is 0.282. The van der Waals surface area contributed by atoms with E-state index in [0.29, 0.717) is 5.02 Å². The summed E-state index contributed by atoms with van der Waals surface area (Å²) < 4.78 is 0. The summed E-state index contributed by atoms with van der Waals surface area (Å²) in [4.78, 5) is 3.45. The molecule has 1 heterocycles. The number of hydrogen-bond donors (Lipinski definition) is 1. The van der Waals surface area contributed by atoms with Crippen LogP contribution in [0.2, 0.25) is 5.02 Å². The van der Waals surface area contributed by atoms with Gasteiger partial charge >= 0.3 is 0 Å². The number of aliphatic hydroxyl groups excluding tert-OH is 1. The Morgan fingerprint density at radius 3 is 2.72 bits per heavy atom. The number of rotatable bonds is 4. The zero-order valence-electron chi connectivity index (χ0n) is 10.4. The van der Waals surface area contributed by atoms with Crippen LogP contribution >= 0.6 is 22.9 Å². The van der Waals surface area contributed by atoms with Gasteiger partial charge in [0.2, 0.25) is 0 Å². The van der Waals surface area contributed by atoms with Crippen LogP contribution in [0.25, 0.3) is 0 Å². The monoisotopic (exact) mass is 281 g/mol. The summed E-state index contributed by atoms with van der Waals surface area (Å²) in [5, 5.41) is 11.8. The molecule has 1 unspecified atom stereocenters. The third kappa shape index (κ3) is 2.69. The molecule has 1 aromatic carbocycles. The summed E-state index contributed by atoms with van der Waals surface area (Å²) in [5.41, 5.74) is 1.82. The highest BCUT2D eigenvalue weighted by Crippen LogP contribution is 2.33. The van der Waals surface area contributed by atoms with E-state index < -0.39 is 0 Å². The van der Waals surface area contributed by atoms with Crippen LogP contribution in [0.15, 0.2) is 35.7 Å². The first-order valence-electron chi connectivity index (χ1n) is 5.79. The maximum absolute atomic E-state index is 9.08. The van der Waals surface area contributed by atoms with E-state index in [1.54, 1.807) is 11.3 Å². The maximum Gasteiger partial charge on any atom is 0.0682 e. The van der Waals surface area contributed by atoms with Crippen LogP contribution in [0.1, 0.15) is 23.4 Å². The molecule has 2 aromatic rings. The van der Waals surface area contributed by atoms with Gasteiger partial charge in [-0.05, 0) is 36.1 Å². The number of anilines is 1. The number of halogens is 1. The van der Waals surface area contributed by atoms with Crippen LogP contribution in [0.3, 0.4) is 0 Å². The molecule has 0 aliphatic carbocycles. The smallest absolute Gasteiger partial charge is 0.0682 e. The van der Waals surface area contributed by atoms with Crippen molar-refractivity contribution in [1.29, 1.82) is 0 Å². The molecule has 0 fully saturated rings. The number of benzene rings is 1. The average molecular weight is 282 g/mol. The van der Waals surface area contributed by atoms with Gasteiger partial charge in [-0.1, -0.05) is 23.7 Å². The van der Waals surface area contributed by atoms with Crippen molar-refractivity contribution in [3.05, 3.63) is 51.2 Å². The molecule has 0 aliphatic rings. The second-order valence-corrected chi connectivity index (χ2v) is 5.63. The number of nitrogens with zero attached hydrogens (tertiary/aromatic N) is 1. The fraction of sp³-hybridized carbons (Fsp3) is 0.286. The van der Waals surface area contributed by atoms with Gasteiger partial charge in [-0.25, -0.2) is 0 Å². The minimum Gasteiger partial charge on any atom is -0.392 e. The van der Waals surface area contributed by atoms with Crippen molar-refractivity contribution in [3.63, 3.8) is 0 Å². The van der Waals surface area contributed by atoms with Crippen molar-refractivity contribution in [2.24, 2.45) is 0 Å². The standard InChI is InChI=1S/C14H16ClNOS/c1-10(14-4-3-7-18-14)16(2)13-6-5-11(9-17)8-12(13)15/h3-8,10,17H,9H2,1-2H3. The van der Waals surface area contributed by atoms with Crippen LogP contribution < -0.4 is 4.90 Å².